The number of hydrogen-bond donors (Lipinski definition) is 1. The first-order valence-electron chi connectivity index (χ1n) is 5.51. The van der Waals surface area contributed by atoms with Gasteiger partial charge in [-0.05, 0) is 19.9 Å². The van der Waals surface area contributed by atoms with E-state index in [0.717, 1.165) is 6.07 Å². The molecule has 0 unspecified atom stereocenters. The van der Waals surface area contributed by atoms with Gasteiger partial charge in [0.1, 0.15) is 0 Å². The van der Waals surface area contributed by atoms with Gasteiger partial charge in [-0.15, -0.1) is 0 Å². The molecule has 1 aromatic heterocycles. The Kier molecular flexibility index (Phi) is 4.03. The lowest BCUT2D eigenvalue weighted by molar-refractivity contribution is -0.142. The molecule has 1 rings (SSSR count). The van der Waals surface area contributed by atoms with Gasteiger partial charge in [0.05, 0.1) is 5.92 Å². The summed E-state index contributed by atoms with van der Waals surface area (Å²) in [7, 11) is 0. The van der Waals surface area contributed by atoms with Crippen molar-refractivity contribution in [3.8, 4) is 0 Å². The summed E-state index contributed by atoms with van der Waals surface area (Å²) in [5.74, 6) is -1.79. The van der Waals surface area contributed by atoms with Crippen molar-refractivity contribution < 1.29 is 23.1 Å². The Morgan fingerprint density at radius 1 is 1.44 bits per heavy atom. The molecule has 0 aromatic carbocycles. The molecule has 0 aliphatic carbocycles. The molecule has 1 atom stereocenters. The lowest BCUT2D eigenvalue weighted by Crippen LogP contribution is -2.16. The van der Waals surface area contributed by atoms with Crippen LogP contribution in [-0.2, 0) is 17.4 Å². The number of aromatic nitrogens is 2. The van der Waals surface area contributed by atoms with Gasteiger partial charge in [-0.1, -0.05) is 6.92 Å². The first-order valence-corrected chi connectivity index (χ1v) is 5.51. The van der Waals surface area contributed by atoms with Crippen LogP contribution in [0.1, 0.15) is 38.2 Å². The Morgan fingerprint density at radius 3 is 2.39 bits per heavy atom. The van der Waals surface area contributed by atoms with Crippen molar-refractivity contribution in [3.63, 3.8) is 0 Å². The minimum absolute atomic E-state index is 0.0244. The first-order chi connectivity index (χ1) is 8.12. The Balaban J connectivity index is 3.09. The van der Waals surface area contributed by atoms with Gasteiger partial charge in [0.25, 0.3) is 0 Å². The molecular weight excluding hydrogens is 249 g/mol. The lowest BCUT2D eigenvalue weighted by atomic mass is 10.1. The van der Waals surface area contributed by atoms with E-state index < -0.39 is 23.8 Å². The molecule has 18 heavy (non-hydrogen) atoms. The fourth-order valence-corrected chi connectivity index (χ4v) is 1.57. The Hall–Kier alpha value is -1.53. The van der Waals surface area contributed by atoms with Crippen molar-refractivity contribution in [2.45, 2.75) is 39.4 Å². The average Bonchev–Trinajstić information content (AvgIpc) is 2.60. The maximum Gasteiger partial charge on any atom is 0.435 e. The van der Waals surface area contributed by atoms with Gasteiger partial charge >= 0.3 is 12.1 Å². The van der Waals surface area contributed by atoms with Crippen LogP contribution in [0.3, 0.4) is 0 Å². The summed E-state index contributed by atoms with van der Waals surface area (Å²) in [6, 6.07) is 0.663. The van der Waals surface area contributed by atoms with Crippen molar-refractivity contribution in [2.75, 3.05) is 0 Å². The highest BCUT2D eigenvalue weighted by atomic mass is 19.4. The molecule has 0 aliphatic rings. The van der Waals surface area contributed by atoms with Gasteiger partial charge in [0.15, 0.2) is 5.69 Å². The molecular formula is C11H15F3N2O2. The van der Waals surface area contributed by atoms with E-state index in [2.05, 4.69) is 5.10 Å². The summed E-state index contributed by atoms with van der Waals surface area (Å²) in [5, 5.41) is 12.3. The molecule has 0 saturated carbocycles. The number of nitrogens with zero attached hydrogens (tertiary/aromatic N) is 2. The Morgan fingerprint density at radius 2 is 2.00 bits per heavy atom. The van der Waals surface area contributed by atoms with Crippen LogP contribution >= 0.6 is 0 Å². The van der Waals surface area contributed by atoms with Crippen LogP contribution in [0.25, 0.3) is 0 Å². The highest BCUT2D eigenvalue weighted by molar-refractivity contribution is 5.69. The summed E-state index contributed by atoms with van der Waals surface area (Å²) >= 11 is 0. The van der Waals surface area contributed by atoms with Crippen LogP contribution in [0.2, 0.25) is 0 Å². The lowest BCUT2D eigenvalue weighted by Gasteiger charge is -2.12. The van der Waals surface area contributed by atoms with Gasteiger partial charge in [0.2, 0.25) is 0 Å². The van der Waals surface area contributed by atoms with Crippen molar-refractivity contribution >= 4 is 5.97 Å². The van der Waals surface area contributed by atoms with Gasteiger partial charge in [0, 0.05) is 18.2 Å². The Labute approximate surface area is 102 Å². The molecule has 0 saturated heterocycles. The summed E-state index contributed by atoms with van der Waals surface area (Å²) in [6.45, 7) is 4.84. The molecule has 0 amide bonds. The third-order valence-electron chi connectivity index (χ3n) is 2.53. The molecule has 1 N–H and O–H groups in total. The van der Waals surface area contributed by atoms with Crippen molar-refractivity contribution in [2.24, 2.45) is 5.92 Å². The summed E-state index contributed by atoms with van der Waals surface area (Å²) < 4.78 is 38.9. The van der Waals surface area contributed by atoms with Gasteiger partial charge in [-0.3, -0.25) is 9.48 Å². The highest BCUT2D eigenvalue weighted by Crippen LogP contribution is 2.30. The highest BCUT2D eigenvalue weighted by Gasteiger charge is 2.35. The zero-order chi connectivity index (χ0) is 14.1. The van der Waals surface area contributed by atoms with Crippen LogP contribution in [-0.4, -0.2) is 20.9 Å². The minimum Gasteiger partial charge on any atom is -0.481 e. The smallest absolute Gasteiger partial charge is 0.435 e. The molecule has 0 aliphatic heterocycles. The van der Waals surface area contributed by atoms with E-state index in [1.54, 1.807) is 13.8 Å². The molecule has 0 radical (unpaired) electrons. The maximum absolute atomic E-state index is 12.5. The van der Waals surface area contributed by atoms with Crippen LogP contribution in [0.4, 0.5) is 13.2 Å². The van der Waals surface area contributed by atoms with Crippen molar-refractivity contribution in [1.82, 2.24) is 9.78 Å². The molecule has 0 spiro atoms. The zero-order valence-electron chi connectivity index (χ0n) is 10.3. The quantitative estimate of drug-likeness (QED) is 0.909. The predicted octanol–water partition coefficient (Wildman–Crippen LogP) is 2.75. The number of carbonyl (C=O) groups is 1. The van der Waals surface area contributed by atoms with Gasteiger partial charge in [-0.25, -0.2) is 0 Å². The van der Waals surface area contributed by atoms with Gasteiger partial charge in [-0.2, -0.15) is 18.3 Å². The maximum atomic E-state index is 12.5. The van der Waals surface area contributed by atoms with Crippen LogP contribution in [0.15, 0.2) is 6.07 Å². The van der Waals surface area contributed by atoms with E-state index in [9.17, 15) is 18.0 Å². The second kappa shape index (κ2) is 4.99. The van der Waals surface area contributed by atoms with Crippen molar-refractivity contribution in [1.29, 1.82) is 0 Å². The van der Waals surface area contributed by atoms with E-state index >= 15 is 0 Å². The molecule has 102 valence electrons. The monoisotopic (exact) mass is 264 g/mol. The molecule has 1 heterocycles. The SMILES string of the molecule is CC(C)n1nc(C(F)(F)F)cc1C[C@H](C)C(=O)O. The Bertz CT molecular complexity index is 438. The number of aliphatic carboxylic acids is 1. The van der Waals surface area contributed by atoms with E-state index in [1.807, 2.05) is 0 Å². The molecule has 4 nitrogen and oxygen atoms in total. The third kappa shape index (κ3) is 3.24. The molecule has 7 heteroatoms. The largest absolute Gasteiger partial charge is 0.481 e. The van der Waals surface area contributed by atoms with Gasteiger partial charge < -0.3 is 5.11 Å². The molecule has 0 fully saturated rings. The molecule has 1 aromatic rings. The second-order valence-electron chi connectivity index (χ2n) is 4.50. The zero-order valence-corrected chi connectivity index (χ0v) is 10.3. The fraction of sp³-hybridized carbons (Fsp3) is 0.636. The number of hydrogen-bond acceptors (Lipinski definition) is 2. The molecule has 0 bridgehead atoms. The number of rotatable bonds is 4. The number of alkyl halides is 3. The second-order valence-corrected chi connectivity index (χ2v) is 4.50. The third-order valence-corrected chi connectivity index (χ3v) is 2.53. The standard InChI is InChI=1S/C11H15F3N2O2/c1-6(2)16-8(4-7(3)10(17)18)5-9(15-16)11(12,13)14/h5-7H,4H2,1-3H3,(H,17,18)/t7-/m0/s1. The van der Waals surface area contributed by atoms with E-state index in [4.69, 9.17) is 5.11 Å². The normalized spacial score (nSPS) is 13.9. The number of carboxylic acid groups (broad SMARTS) is 1. The number of halogens is 3. The van der Waals surface area contributed by atoms with E-state index in [0.29, 0.717) is 0 Å². The topological polar surface area (TPSA) is 55.1 Å². The van der Waals surface area contributed by atoms with Crippen LogP contribution in [0, 0.1) is 5.92 Å². The van der Waals surface area contributed by atoms with Crippen molar-refractivity contribution in [3.05, 3.63) is 17.5 Å². The van der Waals surface area contributed by atoms with E-state index in [1.165, 1.54) is 11.6 Å². The number of carboxylic acids is 1. The van der Waals surface area contributed by atoms with E-state index in [-0.39, 0.29) is 18.2 Å². The summed E-state index contributed by atoms with van der Waals surface area (Å²) in [5.41, 5.74) is -0.698. The predicted molar refractivity (Wildman–Crippen MR) is 58.1 cm³/mol. The summed E-state index contributed by atoms with van der Waals surface area (Å²) in [6.07, 6.45) is -4.49. The summed E-state index contributed by atoms with van der Waals surface area (Å²) in [4.78, 5) is 10.7. The van der Waals surface area contributed by atoms with Crippen LogP contribution < -0.4 is 0 Å². The van der Waals surface area contributed by atoms with Crippen LogP contribution in [0.5, 0.6) is 0 Å². The minimum atomic E-state index is -4.51. The first kappa shape index (κ1) is 14.5. The fourth-order valence-electron chi connectivity index (χ4n) is 1.57. The average molecular weight is 264 g/mol.